The molecule has 2 heterocycles. The third kappa shape index (κ3) is 4.57. The van der Waals surface area contributed by atoms with E-state index in [1.807, 2.05) is 0 Å². The Kier molecular flexibility index (Phi) is 6.96. The lowest BCUT2D eigenvalue weighted by molar-refractivity contribution is -0.135. The maximum atomic E-state index is 13.2. The fourth-order valence-corrected chi connectivity index (χ4v) is 4.12. The van der Waals surface area contributed by atoms with Gasteiger partial charge in [0.05, 0.1) is 13.1 Å². The Morgan fingerprint density at radius 1 is 1.19 bits per heavy atom. The summed E-state index contributed by atoms with van der Waals surface area (Å²) in [6.07, 6.45) is 4.96. The summed E-state index contributed by atoms with van der Waals surface area (Å²) in [5, 5.41) is 22.5. The third-order valence-corrected chi connectivity index (χ3v) is 5.82. The largest absolute Gasteiger partial charge is 0.503 e. The van der Waals surface area contributed by atoms with E-state index in [9.17, 15) is 29.4 Å². The molecule has 3 N–H and O–H groups in total. The first-order valence-electron chi connectivity index (χ1n) is 10.1. The minimum atomic E-state index is -1.53. The van der Waals surface area contributed by atoms with Gasteiger partial charge in [-0.05, 0) is 12.8 Å². The van der Waals surface area contributed by atoms with Gasteiger partial charge in [0.1, 0.15) is 11.6 Å². The van der Waals surface area contributed by atoms with Crippen LogP contribution in [0.15, 0.2) is 11.0 Å². The van der Waals surface area contributed by atoms with Crippen LogP contribution in [0.25, 0.3) is 0 Å². The molecule has 3 rings (SSSR count). The molecule has 0 spiro atoms. The van der Waals surface area contributed by atoms with Crippen LogP contribution < -0.4 is 10.7 Å². The van der Waals surface area contributed by atoms with Crippen LogP contribution in [0.1, 0.15) is 53.0 Å². The topological polar surface area (TPSA) is 147 Å². The number of carbonyl (C=O) groups excluding carboxylic acids is 2. The number of carboxylic acid groups (broad SMARTS) is 1. The average Bonchev–Trinajstić information content (AvgIpc) is 2.75. The van der Waals surface area contributed by atoms with E-state index in [2.05, 4.69) is 5.32 Å². The van der Waals surface area contributed by atoms with Crippen molar-refractivity contribution in [1.29, 1.82) is 0 Å². The summed E-state index contributed by atoms with van der Waals surface area (Å²) in [7, 11) is 2.77. The van der Waals surface area contributed by atoms with Crippen LogP contribution in [-0.2, 0) is 20.8 Å². The number of rotatable bonds is 7. The predicted octanol–water partition coefficient (Wildman–Crippen LogP) is 0.144. The molecule has 170 valence electrons. The Bertz CT molecular complexity index is 918. The SMILES string of the molecule is COC(CN1C(=O)c2c(O)c(=O)c(C(=O)O)cn2CC1C(=O)NC1CCCCC1)OC. The summed E-state index contributed by atoms with van der Waals surface area (Å²) in [6, 6.07) is -1.00. The summed E-state index contributed by atoms with van der Waals surface area (Å²) in [4.78, 5) is 51.1. The van der Waals surface area contributed by atoms with Gasteiger partial charge >= 0.3 is 5.97 Å². The molecule has 1 saturated carbocycles. The highest BCUT2D eigenvalue weighted by molar-refractivity contribution is 6.00. The molecular weight excluding hydrogens is 410 g/mol. The minimum absolute atomic E-state index is 0.00255. The Labute approximate surface area is 178 Å². The normalized spacial score (nSPS) is 19.4. The van der Waals surface area contributed by atoms with Crippen LogP contribution in [0.2, 0.25) is 0 Å². The van der Waals surface area contributed by atoms with E-state index in [0.29, 0.717) is 0 Å². The molecule has 1 aliphatic heterocycles. The molecule has 31 heavy (non-hydrogen) atoms. The second-order valence-corrected chi connectivity index (χ2v) is 7.74. The standard InChI is InChI=1S/C20H27N3O8/c1-30-14(31-2)10-23-13(18(26)21-11-6-4-3-5-7-11)9-22-8-12(20(28)29)16(24)17(25)15(22)19(23)27/h8,11,13-14,25H,3-7,9-10H2,1-2H3,(H,21,26)(H,28,29). The number of hydrogen-bond acceptors (Lipinski definition) is 7. The number of hydrogen-bond donors (Lipinski definition) is 3. The minimum Gasteiger partial charge on any atom is -0.503 e. The zero-order chi connectivity index (χ0) is 22.7. The number of amides is 2. The smallest absolute Gasteiger partial charge is 0.341 e. The van der Waals surface area contributed by atoms with Crippen molar-refractivity contribution in [2.75, 3.05) is 20.8 Å². The van der Waals surface area contributed by atoms with Crippen LogP contribution in [0.4, 0.5) is 0 Å². The molecule has 1 aliphatic carbocycles. The summed E-state index contributed by atoms with van der Waals surface area (Å²) >= 11 is 0. The van der Waals surface area contributed by atoms with Gasteiger partial charge in [0.15, 0.2) is 17.7 Å². The van der Waals surface area contributed by atoms with Crippen LogP contribution in [0, 0.1) is 0 Å². The lowest BCUT2D eigenvalue weighted by Gasteiger charge is -2.39. The molecule has 1 unspecified atom stereocenters. The highest BCUT2D eigenvalue weighted by atomic mass is 16.7. The lowest BCUT2D eigenvalue weighted by atomic mass is 9.95. The Morgan fingerprint density at radius 2 is 1.84 bits per heavy atom. The number of nitrogens with zero attached hydrogens (tertiary/aromatic N) is 2. The van der Waals surface area contributed by atoms with E-state index >= 15 is 0 Å². The Balaban J connectivity index is 1.99. The number of aromatic hydroxyl groups is 1. The number of methoxy groups -OCH3 is 2. The number of aromatic carboxylic acids is 1. The summed E-state index contributed by atoms with van der Waals surface area (Å²) in [6.45, 7) is -0.253. The van der Waals surface area contributed by atoms with Crippen molar-refractivity contribution in [3.63, 3.8) is 0 Å². The van der Waals surface area contributed by atoms with E-state index in [1.54, 1.807) is 0 Å². The number of pyridine rings is 1. The Hall–Kier alpha value is -2.92. The highest BCUT2D eigenvalue weighted by Gasteiger charge is 2.41. The highest BCUT2D eigenvalue weighted by Crippen LogP contribution is 2.25. The first kappa shape index (κ1) is 22.8. The zero-order valence-corrected chi connectivity index (χ0v) is 17.5. The van der Waals surface area contributed by atoms with Gasteiger partial charge in [-0.2, -0.15) is 0 Å². The number of aromatic nitrogens is 1. The predicted molar refractivity (Wildman–Crippen MR) is 107 cm³/mol. The third-order valence-electron chi connectivity index (χ3n) is 5.82. The van der Waals surface area contributed by atoms with Crippen molar-refractivity contribution in [3.05, 3.63) is 27.7 Å². The zero-order valence-electron chi connectivity index (χ0n) is 17.5. The molecule has 0 bridgehead atoms. The summed E-state index contributed by atoms with van der Waals surface area (Å²) in [5.74, 6) is -3.69. The van der Waals surface area contributed by atoms with Crippen LogP contribution in [0.5, 0.6) is 5.75 Å². The van der Waals surface area contributed by atoms with E-state index < -0.39 is 46.9 Å². The monoisotopic (exact) mass is 437 g/mol. The van der Waals surface area contributed by atoms with Crippen LogP contribution in [0.3, 0.4) is 0 Å². The van der Waals surface area contributed by atoms with Gasteiger partial charge in [-0.25, -0.2) is 4.79 Å². The molecule has 11 nitrogen and oxygen atoms in total. The maximum Gasteiger partial charge on any atom is 0.341 e. The van der Waals surface area contributed by atoms with E-state index in [1.165, 1.54) is 19.1 Å². The van der Waals surface area contributed by atoms with E-state index in [0.717, 1.165) is 42.9 Å². The number of ether oxygens (including phenoxy) is 2. The van der Waals surface area contributed by atoms with Crippen LogP contribution >= 0.6 is 0 Å². The lowest BCUT2D eigenvalue weighted by Crippen LogP contribution is -2.59. The molecule has 1 atom stereocenters. The molecule has 0 radical (unpaired) electrons. The van der Waals surface area contributed by atoms with Gasteiger partial charge in [0.25, 0.3) is 5.91 Å². The molecule has 0 aromatic carbocycles. The molecular formula is C20H27N3O8. The van der Waals surface area contributed by atoms with E-state index in [4.69, 9.17) is 9.47 Å². The molecule has 11 heteroatoms. The van der Waals surface area contributed by atoms with Crippen molar-refractivity contribution in [3.8, 4) is 5.75 Å². The first-order valence-corrected chi connectivity index (χ1v) is 10.1. The molecule has 1 aromatic rings. The van der Waals surface area contributed by atoms with Gasteiger partial charge in [0.2, 0.25) is 11.3 Å². The molecule has 1 fully saturated rings. The van der Waals surface area contributed by atoms with Gasteiger partial charge in [0, 0.05) is 26.5 Å². The molecule has 2 aliphatic rings. The summed E-state index contributed by atoms with van der Waals surface area (Å²) in [5.41, 5.74) is -2.21. The second kappa shape index (κ2) is 9.48. The molecule has 0 saturated heterocycles. The Morgan fingerprint density at radius 3 is 2.42 bits per heavy atom. The van der Waals surface area contributed by atoms with Crippen molar-refractivity contribution >= 4 is 17.8 Å². The van der Waals surface area contributed by atoms with Crippen molar-refractivity contribution in [1.82, 2.24) is 14.8 Å². The van der Waals surface area contributed by atoms with Gasteiger partial charge in [-0.3, -0.25) is 14.4 Å². The average molecular weight is 437 g/mol. The first-order chi connectivity index (χ1) is 14.8. The second-order valence-electron chi connectivity index (χ2n) is 7.74. The van der Waals surface area contributed by atoms with E-state index in [-0.39, 0.29) is 24.8 Å². The molecule has 2 amide bonds. The van der Waals surface area contributed by atoms with Crippen LogP contribution in [-0.4, -0.2) is 76.6 Å². The van der Waals surface area contributed by atoms with Gasteiger partial charge in [-0.15, -0.1) is 0 Å². The van der Waals surface area contributed by atoms with Gasteiger partial charge < -0.3 is 34.5 Å². The van der Waals surface area contributed by atoms with Gasteiger partial charge in [-0.1, -0.05) is 19.3 Å². The quantitative estimate of drug-likeness (QED) is 0.511. The number of carboxylic acids is 1. The fourth-order valence-electron chi connectivity index (χ4n) is 4.12. The number of nitrogens with one attached hydrogen (secondary N) is 1. The van der Waals surface area contributed by atoms with Crippen molar-refractivity contribution < 1.29 is 34.1 Å². The van der Waals surface area contributed by atoms with Crippen molar-refractivity contribution in [2.24, 2.45) is 0 Å². The number of fused-ring (bicyclic) bond motifs is 1. The summed E-state index contributed by atoms with van der Waals surface area (Å²) < 4.78 is 11.5. The molecule has 1 aromatic heterocycles. The number of carbonyl (C=O) groups is 3. The maximum absolute atomic E-state index is 13.2. The van der Waals surface area contributed by atoms with Crippen molar-refractivity contribution in [2.45, 2.75) is 57.0 Å². The fraction of sp³-hybridized carbons (Fsp3) is 0.600.